The second kappa shape index (κ2) is 3.65. The van der Waals surface area contributed by atoms with Crippen molar-refractivity contribution in [1.29, 1.82) is 0 Å². The molecule has 0 radical (unpaired) electrons. The van der Waals surface area contributed by atoms with Crippen LogP contribution in [0.15, 0.2) is 29.2 Å². The van der Waals surface area contributed by atoms with E-state index in [4.69, 9.17) is 17.3 Å². The number of hydrogen-bond donors (Lipinski definition) is 1. The minimum atomic E-state index is -0.347. The first kappa shape index (κ1) is 10.4. The summed E-state index contributed by atoms with van der Waals surface area (Å²) in [6.45, 7) is 0. The average Bonchev–Trinajstić information content (AvgIpc) is 2.27. The Kier molecular flexibility index (Phi) is 2.24. The normalized spacial score (nSPS) is 11.1. The molecule has 0 unspecified atom stereocenters. The molecule has 17 heavy (non-hydrogen) atoms. The van der Waals surface area contributed by atoms with Crippen LogP contribution in [0.1, 0.15) is 0 Å². The van der Waals surface area contributed by atoms with Crippen molar-refractivity contribution in [2.75, 3.05) is 5.73 Å². The van der Waals surface area contributed by atoms with Gasteiger partial charge in [-0.1, -0.05) is 22.9 Å². The molecule has 0 atom stereocenters. The van der Waals surface area contributed by atoms with Gasteiger partial charge in [0, 0.05) is 16.6 Å². The Morgan fingerprint density at radius 2 is 2.12 bits per heavy atom. The van der Waals surface area contributed by atoms with Gasteiger partial charge in [-0.15, -0.1) is 0 Å². The number of hydrogen-bond acceptors (Lipinski definition) is 5. The second-order valence-electron chi connectivity index (χ2n) is 3.52. The standard InChI is InChI=1S/C11H6ClN3OS/c12-5-1-2-6-8(3-5)14-4-7-9(6)17-11(13)15-10(7)16/h1-4H,(H2,13,15,16). The number of aromatic nitrogens is 2. The number of anilines is 1. The first-order valence-electron chi connectivity index (χ1n) is 4.80. The maximum absolute atomic E-state index is 11.7. The number of nitrogen functional groups attached to an aromatic ring is 1. The van der Waals surface area contributed by atoms with Crippen LogP contribution < -0.4 is 11.3 Å². The van der Waals surface area contributed by atoms with E-state index < -0.39 is 0 Å². The van der Waals surface area contributed by atoms with E-state index in [1.165, 1.54) is 17.5 Å². The zero-order valence-electron chi connectivity index (χ0n) is 8.48. The molecule has 2 N–H and O–H groups in total. The van der Waals surface area contributed by atoms with Gasteiger partial charge in [-0.05, 0) is 18.2 Å². The molecule has 6 heteroatoms. The molecule has 84 valence electrons. The summed E-state index contributed by atoms with van der Waals surface area (Å²) in [7, 11) is 0. The molecule has 0 aliphatic rings. The zero-order chi connectivity index (χ0) is 12.0. The molecule has 3 aromatic rings. The number of nitrogens with two attached hydrogens (primary N) is 1. The Morgan fingerprint density at radius 3 is 2.94 bits per heavy atom. The molecule has 0 aliphatic heterocycles. The molecule has 3 rings (SSSR count). The van der Waals surface area contributed by atoms with E-state index in [1.54, 1.807) is 12.1 Å². The number of pyridine rings is 1. The van der Waals surface area contributed by atoms with Crippen molar-refractivity contribution >= 4 is 49.1 Å². The number of rotatable bonds is 0. The molecule has 1 aromatic carbocycles. The van der Waals surface area contributed by atoms with Crippen molar-refractivity contribution < 1.29 is 0 Å². The highest BCUT2D eigenvalue weighted by Gasteiger charge is 2.07. The molecule has 0 fully saturated rings. The lowest BCUT2D eigenvalue weighted by atomic mass is 10.2. The summed E-state index contributed by atoms with van der Waals surface area (Å²) in [5.41, 5.74) is 6.00. The Bertz CT molecular complexity index is 800. The highest BCUT2D eigenvalue weighted by molar-refractivity contribution is 7.22. The third-order valence-corrected chi connectivity index (χ3v) is 3.61. The molecule has 2 aromatic heterocycles. The molecule has 0 spiro atoms. The smallest absolute Gasteiger partial charge is 0.282 e. The molecule has 0 aliphatic carbocycles. The molecular weight excluding hydrogens is 258 g/mol. The van der Waals surface area contributed by atoms with Gasteiger partial charge in [-0.25, -0.2) is 0 Å². The number of fused-ring (bicyclic) bond motifs is 3. The molecule has 0 bridgehead atoms. The molecule has 0 saturated heterocycles. The minimum Gasteiger partial charge on any atom is -0.375 e. The minimum absolute atomic E-state index is 0.255. The van der Waals surface area contributed by atoms with Gasteiger partial charge in [0.1, 0.15) is 0 Å². The van der Waals surface area contributed by atoms with Crippen molar-refractivity contribution in [1.82, 2.24) is 9.97 Å². The van der Waals surface area contributed by atoms with Crippen LogP contribution in [0.25, 0.3) is 21.0 Å². The predicted molar refractivity (Wildman–Crippen MR) is 70.6 cm³/mol. The molecule has 0 saturated carbocycles. The first-order chi connectivity index (χ1) is 8.15. The lowest BCUT2D eigenvalue weighted by molar-refractivity contribution is 1.31. The Balaban J connectivity index is 2.59. The van der Waals surface area contributed by atoms with Crippen molar-refractivity contribution in [2.24, 2.45) is 0 Å². The topological polar surface area (TPSA) is 68.9 Å². The molecule has 2 heterocycles. The highest BCUT2D eigenvalue weighted by Crippen LogP contribution is 2.28. The Hall–Kier alpha value is -1.72. The average molecular weight is 264 g/mol. The highest BCUT2D eigenvalue weighted by atomic mass is 35.5. The third-order valence-electron chi connectivity index (χ3n) is 2.43. The van der Waals surface area contributed by atoms with Crippen molar-refractivity contribution in [3.8, 4) is 0 Å². The summed E-state index contributed by atoms with van der Waals surface area (Å²) >= 11 is 7.17. The van der Waals surface area contributed by atoms with Gasteiger partial charge < -0.3 is 5.73 Å². The van der Waals surface area contributed by atoms with Crippen LogP contribution in [0.4, 0.5) is 5.13 Å². The second-order valence-corrected chi connectivity index (χ2v) is 4.99. The lowest BCUT2D eigenvalue weighted by Crippen LogP contribution is -2.07. The van der Waals surface area contributed by atoms with Crippen LogP contribution in [0, 0.1) is 0 Å². The summed E-state index contributed by atoms with van der Waals surface area (Å²) in [6.07, 6.45) is 1.51. The zero-order valence-corrected chi connectivity index (χ0v) is 10.0. The van der Waals surface area contributed by atoms with Crippen LogP contribution >= 0.6 is 22.9 Å². The van der Waals surface area contributed by atoms with Crippen LogP contribution in [0.3, 0.4) is 0 Å². The van der Waals surface area contributed by atoms with Crippen LogP contribution in [0.2, 0.25) is 5.02 Å². The summed E-state index contributed by atoms with van der Waals surface area (Å²) in [5.74, 6) is 0. The fraction of sp³-hybridized carbons (Fsp3) is 0. The summed E-state index contributed by atoms with van der Waals surface area (Å²) in [5, 5.41) is 2.21. The van der Waals surface area contributed by atoms with Crippen LogP contribution in [-0.2, 0) is 0 Å². The van der Waals surface area contributed by atoms with E-state index in [-0.39, 0.29) is 10.7 Å². The molecule has 4 nitrogen and oxygen atoms in total. The third kappa shape index (κ3) is 1.64. The quantitative estimate of drug-likeness (QED) is 0.633. The van der Waals surface area contributed by atoms with Crippen molar-refractivity contribution in [3.63, 3.8) is 0 Å². The molecular formula is C11H6ClN3OS. The number of halogens is 1. The fourth-order valence-corrected chi connectivity index (χ4v) is 2.73. The Morgan fingerprint density at radius 1 is 1.29 bits per heavy atom. The Labute approximate surface area is 105 Å². The van der Waals surface area contributed by atoms with Crippen molar-refractivity contribution in [2.45, 2.75) is 0 Å². The first-order valence-corrected chi connectivity index (χ1v) is 5.99. The van der Waals surface area contributed by atoms with E-state index in [9.17, 15) is 4.79 Å². The lowest BCUT2D eigenvalue weighted by Gasteiger charge is -2.02. The monoisotopic (exact) mass is 263 g/mol. The van der Waals surface area contributed by atoms with Gasteiger partial charge >= 0.3 is 0 Å². The van der Waals surface area contributed by atoms with Gasteiger partial charge in [0.15, 0.2) is 5.13 Å². The van der Waals surface area contributed by atoms with Crippen LogP contribution in [-0.4, -0.2) is 9.97 Å². The van der Waals surface area contributed by atoms with Gasteiger partial charge in [0.2, 0.25) is 0 Å². The summed E-state index contributed by atoms with van der Waals surface area (Å²) in [6, 6.07) is 5.35. The fourth-order valence-electron chi connectivity index (χ4n) is 1.69. The van der Waals surface area contributed by atoms with Crippen molar-refractivity contribution in [3.05, 3.63) is 39.8 Å². The van der Waals surface area contributed by atoms with Crippen LogP contribution in [0.5, 0.6) is 0 Å². The summed E-state index contributed by atoms with van der Waals surface area (Å²) in [4.78, 5) is 19.6. The maximum Gasteiger partial charge on any atom is 0.282 e. The van der Waals surface area contributed by atoms with E-state index in [1.807, 2.05) is 6.07 Å². The maximum atomic E-state index is 11.7. The van der Waals surface area contributed by atoms with Gasteiger partial charge in [-0.3, -0.25) is 9.78 Å². The number of benzene rings is 1. The van der Waals surface area contributed by atoms with Gasteiger partial charge in [-0.2, -0.15) is 4.98 Å². The predicted octanol–water partition coefficient (Wildman–Crippen LogP) is 2.44. The van der Waals surface area contributed by atoms with E-state index in [2.05, 4.69) is 9.97 Å². The summed E-state index contributed by atoms with van der Waals surface area (Å²) < 4.78 is 0.796. The SMILES string of the molecule is Nc1nc(=O)c2cnc3cc(Cl)ccc3c2s1. The van der Waals surface area contributed by atoms with Gasteiger partial charge in [0.05, 0.1) is 15.6 Å². The van der Waals surface area contributed by atoms with E-state index in [0.717, 1.165) is 15.6 Å². The van der Waals surface area contributed by atoms with E-state index in [0.29, 0.717) is 10.4 Å². The largest absolute Gasteiger partial charge is 0.375 e. The van der Waals surface area contributed by atoms with E-state index >= 15 is 0 Å². The van der Waals surface area contributed by atoms with Gasteiger partial charge in [0.25, 0.3) is 5.56 Å². The molecule has 0 amide bonds. The number of nitrogens with zero attached hydrogens (tertiary/aromatic N) is 2.